The second kappa shape index (κ2) is 6.65. The van der Waals surface area contributed by atoms with Gasteiger partial charge in [0.2, 0.25) is 0 Å². The minimum absolute atomic E-state index is 0.0110. The number of hydrogen-bond acceptors (Lipinski definition) is 1. The first-order valence-corrected chi connectivity index (χ1v) is 10.8. The lowest BCUT2D eigenvalue weighted by Gasteiger charge is -2.43. The first-order valence-electron chi connectivity index (χ1n) is 8.90. The van der Waals surface area contributed by atoms with Gasteiger partial charge in [-0.25, -0.2) is 8.78 Å². The number of rotatable bonds is 6. The van der Waals surface area contributed by atoms with E-state index in [0.29, 0.717) is 13.0 Å². The monoisotopic (exact) mass is 360 g/mol. The number of alkyl halides is 2. The van der Waals surface area contributed by atoms with E-state index in [1.807, 2.05) is 36.4 Å². The predicted octanol–water partition coefficient (Wildman–Crippen LogP) is 4.61. The molecular formula is C21H26F2OSi. The van der Waals surface area contributed by atoms with Crippen LogP contribution in [0, 0.1) is 5.92 Å². The van der Waals surface area contributed by atoms with Crippen molar-refractivity contribution in [3.8, 4) is 0 Å². The third kappa shape index (κ3) is 3.56. The quantitative estimate of drug-likeness (QED) is 0.684. The first-order chi connectivity index (χ1) is 11.8. The van der Waals surface area contributed by atoms with Gasteiger partial charge in [0.1, 0.15) is 0 Å². The fourth-order valence-electron chi connectivity index (χ4n) is 3.70. The van der Waals surface area contributed by atoms with E-state index in [1.165, 1.54) is 10.4 Å². The van der Waals surface area contributed by atoms with Crippen LogP contribution in [0.25, 0.3) is 0 Å². The van der Waals surface area contributed by atoms with Gasteiger partial charge in [-0.15, -0.1) is 0 Å². The molecule has 1 nitrogen and oxygen atoms in total. The van der Waals surface area contributed by atoms with Crippen molar-refractivity contribution >= 4 is 18.7 Å². The third-order valence-electron chi connectivity index (χ3n) is 5.16. The Balaban J connectivity index is 1.97. The molecule has 1 aliphatic rings. The minimum Gasteiger partial charge on any atom is -0.407 e. The van der Waals surface area contributed by atoms with Gasteiger partial charge in [-0.1, -0.05) is 81.4 Å². The highest BCUT2D eigenvalue weighted by molar-refractivity contribution is 6.99. The molecule has 3 rings (SSSR count). The summed E-state index contributed by atoms with van der Waals surface area (Å²) in [5.74, 6) is -2.99. The molecule has 1 saturated carbocycles. The van der Waals surface area contributed by atoms with Crippen molar-refractivity contribution in [3.63, 3.8) is 0 Å². The Hall–Kier alpha value is -1.52. The normalized spacial score (nSPS) is 19.6. The topological polar surface area (TPSA) is 9.23 Å². The lowest BCUT2D eigenvalue weighted by Crippen LogP contribution is -2.66. The van der Waals surface area contributed by atoms with Crippen molar-refractivity contribution in [2.24, 2.45) is 5.92 Å². The van der Waals surface area contributed by atoms with E-state index in [9.17, 15) is 8.78 Å². The number of halogens is 2. The average Bonchev–Trinajstić information content (AvgIpc) is 3.19. The Morgan fingerprint density at radius 2 is 1.40 bits per heavy atom. The predicted molar refractivity (Wildman–Crippen MR) is 101 cm³/mol. The molecule has 0 amide bonds. The molecule has 2 aromatic carbocycles. The van der Waals surface area contributed by atoms with E-state index in [-0.39, 0.29) is 11.5 Å². The zero-order valence-corrected chi connectivity index (χ0v) is 16.1. The van der Waals surface area contributed by atoms with Crippen molar-refractivity contribution < 1.29 is 13.2 Å². The van der Waals surface area contributed by atoms with Crippen molar-refractivity contribution in [2.75, 3.05) is 6.61 Å². The summed E-state index contributed by atoms with van der Waals surface area (Å²) in [5, 5.41) is 2.27. The van der Waals surface area contributed by atoms with Gasteiger partial charge in [0, 0.05) is 18.9 Å². The van der Waals surface area contributed by atoms with Gasteiger partial charge in [-0.05, 0) is 21.8 Å². The van der Waals surface area contributed by atoms with Crippen LogP contribution in [0.3, 0.4) is 0 Å². The van der Waals surface area contributed by atoms with E-state index in [2.05, 4.69) is 45.0 Å². The second-order valence-electron chi connectivity index (χ2n) is 7.96. The molecule has 2 aromatic rings. The van der Waals surface area contributed by atoms with E-state index >= 15 is 0 Å². The largest absolute Gasteiger partial charge is 0.407 e. The van der Waals surface area contributed by atoms with Gasteiger partial charge in [-0.2, -0.15) is 0 Å². The average molecular weight is 361 g/mol. The summed E-state index contributed by atoms with van der Waals surface area (Å²) in [7, 11) is -2.58. The highest BCUT2D eigenvalue weighted by Gasteiger charge is 2.57. The molecule has 0 heterocycles. The summed E-state index contributed by atoms with van der Waals surface area (Å²) < 4.78 is 33.1. The highest BCUT2D eigenvalue weighted by Crippen LogP contribution is 2.50. The summed E-state index contributed by atoms with van der Waals surface area (Å²) >= 11 is 0. The number of benzene rings is 2. The third-order valence-corrected chi connectivity index (χ3v) is 10.2. The molecule has 0 radical (unpaired) electrons. The van der Waals surface area contributed by atoms with Crippen molar-refractivity contribution in [1.29, 1.82) is 0 Å². The summed E-state index contributed by atoms with van der Waals surface area (Å²) in [6.45, 7) is 6.98. The molecule has 134 valence electrons. The Kier molecular flexibility index (Phi) is 4.86. The molecule has 0 saturated heterocycles. The van der Waals surface area contributed by atoms with Gasteiger partial charge in [0.15, 0.2) is 0 Å². The molecule has 0 aromatic heterocycles. The Morgan fingerprint density at radius 3 is 1.76 bits per heavy atom. The smallest absolute Gasteiger partial charge is 0.261 e. The fraction of sp³-hybridized carbons (Fsp3) is 0.429. The van der Waals surface area contributed by atoms with Gasteiger partial charge < -0.3 is 4.43 Å². The van der Waals surface area contributed by atoms with Crippen LogP contribution in [0.5, 0.6) is 0 Å². The SMILES string of the molecule is CC(C)(C)[Si](OCCC1CC1(F)F)(c1ccccc1)c1ccccc1. The zero-order valence-electron chi connectivity index (χ0n) is 15.1. The maximum atomic E-state index is 13.3. The van der Waals surface area contributed by atoms with Gasteiger partial charge in [0.25, 0.3) is 14.2 Å². The molecule has 0 N–H and O–H groups in total. The van der Waals surface area contributed by atoms with Crippen molar-refractivity contribution in [1.82, 2.24) is 0 Å². The van der Waals surface area contributed by atoms with Crippen molar-refractivity contribution in [2.45, 2.75) is 44.6 Å². The summed E-state index contributed by atoms with van der Waals surface area (Å²) in [6, 6.07) is 20.6. The molecule has 0 bridgehead atoms. The van der Waals surface area contributed by atoms with Crippen LogP contribution in [0.1, 0.15) is 33.6 Å². The van der Waals surface area contributed by atoms with E-state index < -0.39 is 20.2 Å². The standard InChI is InChI=1S/C21H26F2OSi/c1-20(2,3)25(18-10-6-4-7-11-18,19-12-8-5-9-13-19)24-15-14-17-16-21(17,22)23/h4-13,17H,14-16H2,1-3H3. The minimum atomic E-state index is -2.58. The van der Waals surface area contributed by atoms with Crippen LogP contribution in [0.4, 0.5) is 8.78 Å². The zero-order chi connectivity index (χ0) is 18.1. The van der Waals surface area contributed by atoms with Crippen molar-refractivity contribution in [3.05, 3.63) is 60.7 Å². The fourth-order valence-corrected chi connectivity index (χ4v) is 8.28. The molecule has 1 unspecified atom stereocenters. The molecule has 25 heavy (non-hydrogen) atoms. The van der Waals surface area contributed by atoms with Gasteiger partial charge in [-0.3, -0.25) is 0 Å². The summed E-state index contributed by atoms with van der Waals surface area (Å²) in [4.78, 5) is 0. The second-order valence-corrected chi connectivity index (χ2v) is 12.3. The van der Waals surface area contributed by atoms with E-state index in [0.717, 1.165) is 0 Å². The highest BCUT2D eigenvalue weighted by atomic mass is 28.4. The molecule has 0 spiro atoms. The van der Waals surface area contributed by atoms with Crippen LogP contribution < -0.4 is 10.4 Å². The van der Waals surface area contributed by atoms with E-state index in [4.69, 9.17) is 4.43 Å². The van der Waals surface area contributed by atoms with Crippen LogP contribution in [-0.4, -0.2) is 20.8 Å². The maximum Gasteiger partial charge on any atom is 0.261 e. The lowest BCUT2D eigenvalue weighted by molar-refractivity contribution is 0.0925. The lowest BCUT2D eigenvalue weighted by atomic mass is 10.2. The van der Waals surface area contributed by atoms with Crippen LogP contribution in [-0.2, 0) is 4.43 Å². The van der Waals surface area contributed by atoms with Crippen LogP contribution in [0.15, 0.2) is 60.7 Å². The molecule has 1 atom stereocenters. The molecule has 1 fully saturated rings. The van der Waals surface area contributed by atoms with Crippen LogP contribution >= 0.6 is 0 Å². The van der Waals surface area contributed by atoms with E-state index in [1.54, 1.807) is 0 Å². The summed E-state index contributed by atoms with van der Waals surface area (Å²) in [6.07, 6.45) is 0.439. The Morgan fingerprint density at radius 1 is 0.960 bits per heavy atom. The molecular weight excluding hydrogens is 334 g/mol. The molecule has 1 aliphatic carbocycles. The van der Waals surface area contributed by atoms with Gasteiger partial charge >= 0.3 is 0 Å². The Labute approximate surface area is 150 Å². The van der Waals surface area contributed by atoms with Crippen LogP contribution in [0.2, 0.25) is 5.04 Å². The Bertz CT molecular complexity index is 655. The maximum absolute atomic E-state index is 13.3. The first kappa shape index (κ1) is 18.3. The molecule has 0 aliphatic heterocycles. The van der Waals surface area contributed by atoms with Gasteiger partial charge in [0.05, 0.1) is 0 Å². The number of hydrogen-bond donors (Lipinski definition) is 0. The summed E-state index contributed by atoms with van der Waals surface area (Å²) in [5.41, 5.74) is 0. The molecule has 4 heteroatoms.